The molecule has 1 amide bonds. The third-order valence-electron chi connectivity index (χ3n) is 8.13. The van der Waals surface area contributed by atoms with Crippen molar-refractivity contribution < 1.29 is 9.53 Å². The normalized spacial score (nSPS) is 21.0. The first-order valence-corrected chi connectivity index (χ1v) is 15.5. The lowest BCUT2D eigenvalue weighted by atomic mass is 9.90. The quantitative estimate of drug-likeness (QED) is 0.313. The first-order valence-electron chi connectivity index (χ1n) is 14.2. The van der Waals surface area contributed by atoms with E-state index >= 15 is 0 Å². The van der Waals surface area contributed by atoms with Crippen molar-refractivity contribution in [2.45, 2.75) is 65.0 Å². The van der Waals surface area contributed by atoms with Crippen LogP contribution in [0.5, 0.6) is 0 Å². The van der Waals surface area contributed by atoms with Crippen molar-refractivity contribution in [2.75, 3.05) is 31.1 Å². The number of amides is 1. The number of nitrogens with zero attached hydrogens (tertiary/aromatic N) is 4. The van der Waals surface area contributed by atoms with Gasteiger partial charge in [-0.25, -0.2) is 0 Å². The number of hydrogen-bond donors (Lipinski definition) is 0. The first-order chi connectivity index (χ1) is 19.4. The Labute approximate surface area is 245 Å². The Kier molecular flexibility index (Phi) is 9.09. The third kappa shape index (κ3) is 5.90. The van der Waals surface area contributed by atoms with Crippen molar-refractivity contribution in [1.82, 2.24) is 9.47 Å². The van der Waals surface area contributed by atoms with Crippen molar-refractivity contribution in [3.05, 3.63) is 67.8 Å². The van der Waals surface area contributed by atoms with Crippen molar-refractivity contribution in [1.29, 1.82) is 5.26 Å². The molecule has 0 N–H and O–H groups in total. The molecule has 210 valence electrons. The third-order valence-corrected chi connectivity index (χ3v) is 9.51. The van der Waals surface area contributed by atoms with Gasteiger partial charge in [-0.05, 0) is 68.6 Å². The van der Waals surface area contributed by atoms with E-state index in [1.807, 2.05) is 26.0 Å². The van der Waals surface area contributed by atoms with E-state index in [2.05, 4.69) is 35.2 Å². The summed E-state index contributed by atoms with van der Waals surface area (Å²) in [5, 5.41) is 9.94. The molecule has 40 heavy (non-hydrogen) atoms. The SMILES string of the molecule is CCCn1c(N2CCC(Cc3ccccc3)CC2)c(/C=C2\SC(=S)N(CC3CCCO3)C2=O)c(C)c(C#N)c1=O. The molecule has 1 unspecified atom stereocenters. The number of pyridine rings is 1. The molecule has 0 spiro atoms. The van der Waals surface area contributed by atoms with Crippen LogP contribution in [0.3, 0.4) is 0 Å². The summed E-state index contributed by atoms with van der Waals surface area (Å²) in [6.45, 7) is 7.16. The summed E-state index contributed by atoms with van der Waals surface area (Å²) < 4.78 is 8.03. The summed E-state index contributed by atoms with van der Waals surface area (Å²) in [5.74, 6) is 1.25. The van der Waals surface area contributed by atoms with Crippen LogP contribution < -0.4 is 10.5 Å². The minimum absolute atomic E-state index is 0.00739. The zero-order chi connectivity index (χ0) is 28.2. The zero-order valence-electron chi connectivity index (χ0n) is 23.2. The number of benzene rings is 1. The second-order valence-corrected chi connectivity index (χ2v) is 12.5. The summed E-state index contributed by atoms with van der Waals surface area (Å²) >= 11 is 6.88. The molecule has 1 aromatic heterocycles. The van der Waals surface area contributed by atoms with Gasteiger partial charge in [0.05, 0.1) is 17.6 Å². The molecule has 0 aliphatic carbocycles. The van der Waals surface area contributed by atoms with Crippen LogP contribution in [0.2, 0.25) is 0 Å². The molecule has 3 aliphatic heterocycles. The Balaban J connectivity index is 1.48. The van der Waals surface area contributed by atoms with Crippen LogP contribution in [0.1, 0.15) is 61.3 Å². The fraction of sp³-hybridized carbons (Fsp3) is 0.484. The summed E-state index contributed by atoms with van der Waals surface area (Å²) in [4.78, 5) is 31.5. The van der Waals surface area contributed by atoms with Crippen LogP contribution in [-0.2, 0) is 22.5 Å². The van der Waals surface area contributed by atoms with E-state index in [0.717, 1.165) is 69.6 Å². The number of thioether (sulfide) groups is 1. The Morgan fingerprint density at radius 3 is 2.58 bits per heavy atom. The standard InChI is InChI=1S/C31H36N4O3S2/c1-3-13-34-28(33-14-11-23(12-15-33)17-22-8-5-4-6-9-22)25(21(2)26(19-32)29(34)36)18-27-30(37)35(31(39)40-27)20-24-10-7-16-38-24/h4-6,8-9,18,23-24H,3,7,10-17,20H2,1-2H3/b27-18-. The largest absolute Gasteiger partial charge is 0.376 e. The number of ether oxygens (including phenoxy) is 1. The molecule has 9 heteroatoms. The van der Waals surface area contributed by atoms with Gasteiger partial charge in [0.25, 0.3) is 11.5 Å². The number of piperidine rings is 1. The molecule has 2 aromatic rings. The van der Waals surface area contributed by atoms with Crippen LogP contribution >= 0.6 is 24.0 Å². The van der Waals surface area contributed by atoms with E-state index < -0.39 is 0 Å². The van der Waals surface area contributed by atoms with Gasteiger partial charge in [0.2, 0.25) is 0 Å². The maximum absolute atomic E-state index is 13.5. The van der Waals surface area contributed by atoms with Gasteiger partial charge in [0.1, 0.15) is 21.8 Å². The molecular weight excluding hydrogens is 541 g/mol. The maximum Gasteiger partial charge on any atom is 0.270 e. The smallest absolute Gasteiger partial charge is 0.270 e. The van der Waals surface area contributed by atoms with E-state index in [-0.39, 0.29) is 23.1 Å². The van der Waals surface area contributed by atoms with Crippen LogP contribution in [0, 0.1) is 24.2 Å². The van der Waals surface area contributed by atoms with Gasteiger partial charge >= 0.3 is 0 Å². The van der Waals surface area contributed by atoms with Gasteiger partial charge in [-0.2, -0.15) is 5.26 Å². The molecule has 5 rings (SSSR count). The van der Waals surface area contributed by atoms with Gasteiger partial charge < -0.3 is 9.64 Å². The van der Waals surface area contributed by atoms with E-state index in [9.17, 15) is 14.9 Å². The van der Waals surface area contributed by atoms with Crippen LogP contribution in [0.4, 0.5) is 5.82 Å². The molecule has 1 aromatic carbocycles. The highest BCUT2D eigenvalue weighted by atomic mass is 32.2. The average Bonchev–Trinajstić information content (AvgIpc) is 3.57. The topological polar surface area (TPSA) is 78.6 Å². The zero-order valence-corrected chi connectivity index (χ0v) is 24.9. The van der Waals surface area contributed by atoms with E-state index in [1.165, 1.54) is 17.3 Å². The highest BCUT2D eigenvalue weighted by Crippen LogP contribution is 2.37. The Hall–Kier alpha value is -2.93. The second kappa shape index (κ2) is 12.7. The Morgan fingerprint density at radius 1 is 1.18 bits per heavy atom. The van der Waals surface area contributed by atoms with E-state index in [0.29, 0.717) is 33.8 Å². The summed E-state index contributed by atoms with van der Waals surface area (Å²) in [7, 11) is 0. The highest BCUT2D eigenvalue weighted by Gasteiger charge is 2.36. The fourth-order valence-electron chi connectivity index (χ4n) is 5.99. The van der Waals surface area contributed by atoms with E-state index in [1.54, 1.807) is 9.47 Å². The molecule has 3 fully saturated rings. The van der Waals surface area contributed by atoms with Crippen LogP contribution in [0.25, 0.3) is 6.08 Å². The Morgan fingerprint density at radius 2 is 1.93 bits per heavy atom. The molecule has 3 aliphatic rings. The van der Waals surface area contributed by atoms with Crippen molar-refractivity contribution in [2.24, 2.45) is 5.92 Å². The lowest BCUT2D eigenvalue weighted by molar-refractivity contribution is -0.123. The first kappa shape index (κ1) is 28.6. The highest BCUT2D eigenvalue weighted by molar-refractivity contribution is 8.26. The van der Waals surface area contributed by atoms with Gasteiger partial charge in [-0.1, -0.05) is 61.2 Å². The summed E-state index contributed by atoms with van der Waals surface area (Å²) in [5.41, 5.74) is 2.61. The second-order valence-electron chi connectivity index (χ2n) is 10.9. The minimum Gasteiger partial charge on any atom is -0.376 e. The van der Waals surface area contributed by atoms with Crippen molar-refractivity contribution in [3.8, 4) is 6.07 Å². The lowest BCUT2D eigenvalue weighted by Gasteiger charge is -2.36. The molecule has 3 saturated heterocycles. The number of carbonyl (C=O) groups excluding carboxylic acids is 1. The lowest BCUT2D eigenvalue weighted by Crippen LogP contribution is -2.40. The number of hydrogen-bond acceptors (Lipinski definition) is 7. The van der Waals surface area contributed by atoms with Gasteiger partial charge in [0.15, 0.2) is 0 Å². The van der Waals surface area contributed by atoms with Gasteiger partial charge in [-0.3, -0.25) is 19.1 Å². The number of anilines is 1. The molecule has 0 bridgehead atoms. The molecule has 4 heterocycles. The van der Waals surface area contributed by atoms with Crippen LogP contribution in [0.15, 0.2) is 40.0 Å². The predicted octanol–water partition coefficient (Wildman–Crippen LogP) is 5.28. The molecule has 7 nitrogen and oxygen atoms in total. The number of aromatic nitrogens is 1. The number of carbonyl (C=O) groups is 1. The van der Waals surface area contributed by atoms with Gasteiger partial charge in [-0.15, -0.1) is 0 Å². The molecule has 0 saturated carbocycles. The number of thiocarbonyl (C=S) groups is 1. The van der Waals surface area contributed by atoms with Crippen molar-refractivity contribution in [3.63, 3.8) is 0 Å². The van der Waals surface area contributed by atoms with Crippen molar-refractivity contribution >= 4 is 46.1 Å². The number of nitriles is 1. The summed E-state index contributed by atoms with van der Waals surface area (Å²) in [6, 6.07) is 12.7. The maximum atomic E-state index is 13.5. The van der Waals surface area contributed by atoms with Gasteiger partial charge in [0, 0.05) is 31.8 Å². The monoisotopic (exact) mass is 576 g/mol. The minimum atomic E-state index is -0.258. The van der Waals surface area contributed by atoms with Crippen LogP contribution in [-0.4, -0.2) is 52.0 Å². The number of rotatable bonds is 8. The molecular formula is C31H36N4O3S2. The Bertz CT molecular complexity index is 1400. The summed E-state index contributed by atoms with van der Waals surface area (Å²) in [6.07, 6.45) is 7.61. The molecule has 1 atom stereocenters. The predicted molar refractivity (Wildman–Crippen MR) is 164 cm³/mol. The van der Waals surface area contributed by atoms with E-state index in [4.69, 9.17) is 17.0 Å². The average molecular weight is 577 g/mol. The molecule has 0 radical (unpaired) electrons. The fourth-order valence-corrected chi connectivity index (χ4v) is 7.25.